The zero-order valence-corrected chi connectivity index (χ0v) is 12.9. The van der Waals surface area contributed by atoms with Gasteiger partial charge in [0.05, 0.1) is 12.1 Å². The molecule has 6 heteroatoms. The smallest absolute Gasteiger partial charge is 0.254 e. The summed E-state index contributed by atoms with van der Waals surface area (Å²) in [6, 6.07) is 7.52. The number of hydrogen-bond donors (Lipinski definition) is 1. The third-order valence-electron chi connectivity index (χ3n) is 4.01. The van der Waals surface area contributed by atoms with Crippen molar-refractivity contribution in [1.82, 2.24) is 5.32 Å². The van der Waals surface area contributed by atoms with Crippen molar-refractivity contribution in [2.75, 3.05) is 13.2 Å². The maximum atomic E-state index is 13.5. The monoisotopic (exact) mass is 335 g/mol. The average molecular weight is 335 g/mol. The van der Waals surface area contributed by atoms with Crippen LogP contribution < -0.4 is 10.1 Å². The zero-order valence-electron chi connectivity index (χ0n) is 12.9. The Labute approximate surface area is 137 Å². The van der Waals surface area contributed by atoms with Crippen LogP contribution in [-0.2, 0) is 12.8 Å². The van der Waals surface area contributed by atoms with Crippen molar-refractivity contribution in [3.8, 4) is 5.75 Å². The van der Waals surface area contributed by atoms with Crippen molar-refractivity contribution in [3.63, 3.8) is 0 Å². The van der Waals surface area contributed by atoms with Gasteiger partial charge in [-0.2, -0.15) is 0 Å². The van der Waals surface area contributed by atoms with Crippen molar-refractivity contribution >= 4 is 5.91 Å². The zero-order chi connectivity index (χ0) is 17.1. The Morgan fingerprint density at radius 2 is 1.83 bits per heavy atom. The van der Waals surface area contributed by atoms with Crippen LogP contribution in [0.4, 0.5) is 13.2 Å². The Balaban J connectivity index is 1.51. The summed E-state index contributed by atoms with van der Waals surface area (Å²) in [4.78, 5) is 11.8. The molecule has 126 valence electrons. The summed E-state index contributed by atoms with van der Waals surface area (Å²) >= 11 is 0. The van der Waals surface area contributed by atoms with Crippen LogP contribution in [0.15, 0.2) is 30.3 Å². The minimum Gasteiger partial charge on any atom is -0.492 e. The van der Waals surface area contributed by atoms with Gasteiger partial charge in [0.25, 0.3) is 5.91 Å². The molecule has 0 fully saturated rings. The maximum Gasteiger partial charge on any atom is 0.254 e. The van der Waals surface area contributed by atoms with Gasteiger partial charge in [-0.25, -0.2) is 13.2 Å². The lowest BCUT2D eigenvalue weighted by Crippen LogP contribution is -2.29. The highest BCUT2D eigenvalue weighted by Gasteiger charge is 2.18. The van der Waals surface area contributed by atoms with Gasteiger partial charge in [0, 0.05) is 0 Å². The van der Waals surface area contributed by atoms with Crippen LogP contribution in [0.25, 0.3) is 0 Å². The van der Waals surface area contributed by atoms with Gasteiger partial charge in [-0.3, -0.25) is 4.79 Å². The van der Waals surface area contributed by atoms with Crippen LogP contribution in [0.5, 0.6) is 5.75 Å². The summed E-state index contributed by atoms with van der Waals surface area (Å²) in [6.45, 7) is 0.310. The molecule has 0 spiro atoms. The summed E-state index contributed by atoms with van der Waals surface area (Å²) in [5.41, 5.74) is 2.08. The summed E-state index contributed by atoms with van der Waals surface area (Å²) in [6.07, 6.45) is 3.28. The van der Waals surface area contributed by atoms with E-state index in [1.165, 1.54) is 11.1 Å². The van der Waals surface area contributed by atoms with Crippen molar-refractivity contribution < 1.29 is 22.7 Å². The molecule has 0 aromatic heterocycles. The second-order valence-corrected chi connectivity index (χ2v) is 5.61. The van der Waals surface area contributed by atoms with Gasteiger partial charge < -0.3 is 10.1 Å². The minimum absolute atomic E-state index is 0.119. The fourth-order valence-electron chi connectivity index (χ4n) is 2.77. The third kappa shape index (κ3) is 3.37. The predicted molar refractivity (Wildman–Crippen MR) is 82.6 cm³/mol. The lowest BCUT2D eigenvalue weighted by atomic mass is 10.1. The molecule has 0 radical (unpaired) electrons. The van der Waals surface area contributed by atoms with E-state index >= 15 is 0 Å². The number of halogens is 3. The molecule has 0 saturated heterocycles. The topological polar surface area (TPSA) is 38.3 Å². The molecule has 1 aliphatic rings. The normalized spacial score (nSPS) is 12.8. The standard InChI is InChI=1S/C18H16F3NO2/c19-15-7-6-14(16(20)17(15)21)18(23)22-8-9-24-13-5-4-11-2-1-3-12(11)10-13/h4-7,10H,1-3,8-9H2,(H,22,23). The first-order valence-electron chi connectivity index (χ1n) is 7.72. The number of carbonyl (C=O) groups excluding carboxylic acids is 1. The molecule has 0 saturated carbocycles. The number of rotatable bonds is 5. The molecule has 0 heterocycles. The van der Waals surface area contributed by atoms with Gasteiger partial charge in [0.1, 0.15) is 12.4 Å². The van der Waals surface area contributed by atoms with Crippen LogP contribution in [0, 0.1) is 17.5 Å². The number of carbonyl (C=O) groups is 1. The molecule has 0 bridgehead atoms. The van der Waals surface area contributed by atoms with Crippen molar-refractivity contribution in [2.45, 2.75) is 19.3 Å². The molecule has 0 unspecified atom stereocenters. The van der Waals surface area contributed by atoms with E-state index < -0.39 is 28.9 Å². The molecule has 2 aromatic rings. The number of aryl methyl sites for hydroxylation is 2. The highest BCUT2D eigenvalue weighted by molar-refractivity contribution is 5.94. The van der Waals surface area contributed by atoms with Gasteiger partial charge in [-0.1, -0.05) is 6.07 Å². The van der Waals surface area contributed by atoms with Crippen molar-refractivity contribution in [1.29, 1.82) is 0 Å². The SMILES string of the molecule is O=C(NCCOc1ccc2c(c1)CCC2)c1ccc(F)c(F)c1F. The molecule has 0 aliphatic heterocycles. The molecule has 1 amide bonds. The average Bonchev–Trinajstić information content (AvgIpc) is 3.04. The predicted octanol–water partition coefficient (Wildman–Crippen LogP) is 3.40. The molecule has 24 heavy (non-hydrogen) atoms. The van der Waals surface area contributed by atoms with Gasteiger partial charge in [-0.05, 0) is 54.7 Å². The first kappa shape index (κ1) is 16.4. The van der Waals surface area contributed by atoms with Crippen LogP contribution in [0.3, 0.4) is 0 Å². The second kappa shape index (κ2) is 6.95. The summed E-state index contributed by atoms with van der Waals surface area (Å²) < 4.78 is 45.0. The summed E-state index contributed by atoms with van der Waals surface area (Å²) in [7, 11) is 0. The second-order valence-electron chi connectivity index (χ2n) is 5.61. The maximum absolute atomic E-state index is 13.5. The Hall–Kier alpha value is -2.50. The van der Waals surface area contributed by atoms with Crippen molar-refractivity contribution in [2.24, 2.45) is 0 Å². The summed E-state index contributed by atoms with van der Waals surface area (Å²) in [5.74, 6) is -4.58. The van der Waals surface area contributed by atoms with Gasteiger partial charge in [0.15, 0.2) is 17.5 Å². The fraction of sp³-hybridized carbons (Fsp3) is 0.278. The van der Waals surface area contributed by atoms with E-state index in [-0.39, 0.29) is 13.2 Å². The molecule has 0 atom stereocenters. The molecule has 3 nitrogen and oxygen atoms in total. The first-order chi connectivity index (χ1) is 11.6. The lowest BCUT2D eigenvalue weighted by Gasteiger charge is -2.10. The largest absolute Gasteiger partial charge is 0.492 e. The Morgan fingerprint density at radius 3 is 2.67 bits per heavy atom. The molecule has 1 aliphatic carbocycles. The van der Waals surface area contributed by atoms with Gasteiger partial charge in [0.2, 0.25) is 0 Å². The number of ether oxygens (including phenoxy) is 1. The van der Waals surface area contributed by atoms with E-state index in [1.54, 1.807) is 0 Å². The van der Waals surface area contributed by atoms with Gasteiger partial charge >= 0.3 is 0 Å². The van der Waals surface area contributed by atoms with E-state index in [1.807, 2.05) is 18.2 Å². The number of hydrogen-bond acceptors (Lipinski definition) is 2. The molecule has 3 rings (SSSR count). The third-order valence-corrected chi connectivity index (χ3v) is 4.01. The van der Waals surface area contributed by atoms with Crippen LogP contribution in [0.2, 0.25) is 0 Å². The van der Waals surface area contributed by atoms with Crippen molar-refractivity contribution in [3.05, 3.63) is 64.5 Å². The highest BCUT2D eigenvalue weighted by atomic mass is 19.2. The van der Waals surface area contributed by atoms with E-state index in [9.17, 15) is 18.0 Å². The van der Waals surface area contributed by atoms with Gasteiger partial charge in [-0.15, -0.1) is 0 Å². The van der Waals surface area contributed by atoms with E-state index in [0.717, 1.165) is 25.3 Å². The molecule has 1 N–H and O–H groups in total. The van der Waals surface area contributed by atoms with E-state index in [4.69, 9.17) is 4.74 Å². The fourth-order valence-corrected chi connectivity index (χ4v) is 2.77. The lowest BCUT2D eigenvalue weighted by molar-refractivity contribution is 0.0941. The highest BCUT2D eigenvalue weighted by Crippen LogP contribution is 2.25. The first-order valence-corrected chi connectivity index (χ1v) is 7.72. The molecule has 2 aromatic carbocycles. The number of nitrogens with one attached hydrogen (secondary N) is 1. The minimum atomic E-state index is -1.66. The Morgan fingerprint density at radius 1 is 1.04 bits per heavy atom. The van der Waals surface area contributed by atoms with E-state index in [2.05, 4.69) is 5.32 Å². The Bertz CT molecular complexity index is 777. The van der Waals surface area contributed by atoms with Crippen LogP contribution >= 0.6 is 0 Å². The number of benzene rings is 2. The molecular weight excluding hydrogens is 319 g/mol. The number of fused-ring (bicyclic) bond motifs is 1. The molecular formula is C18H16F3NO2. The van der Waals surface area contributed by atoms with Crippen LogP contribution in [0.1, 0.15) is 27.9 Å². The van der Waals surface area contributed by atoms with E-state index in [0.29, 0.717) is 11.8 Å². The summed E-state index contributed by atoms with van der Waals surface area (Å²) in [5, 5.41) is 2.42. The van der Waals surface area contributed by atoms with Crippen LogP contribution in [-0.4, -0.2) is 19.1 Å². The quantitative estimate of drug-likeness (QED) is 0.672. The Kier molecular flexibility index (Phi) is 4.74. The number of amides is 1.